The van der Waals surface area contributed by atoms with Gasteiger partial charge in [-0.1, -0.05) is 0 Å². The summed E-state index contributed by atoms with van der Waals surface area (Å²) in [6.45, 7) is 13.4. The minimum absolute atomic E-state index is 0.0549. The van der Waals surface area contributed by atoms with Crippen LogP contribution >= 0.6 is 0 Å². The number of hydrogen-bond donors (Lipinski definition) is 0. The fourth-order valence-corrected chi connectivity index (χ4v) is 18.2. The molecule has 0 bridgehead atoms. The second-order valence-electron chi connectivity index (χ2n) is 17.9. The number of fused-ring (bicyclic) bond motifs is 3. The first-order valence-corrected chi connectivity index (χ1v) is 24.3. The summed E-state index contributed by atoms with van der Waals surface area (Å²) in [6, 6.07) is 40.6. The standard InChI is InChI=1S/C33H33.C15H8F6.C5H5.Zr/c1-32(2,3)30-20-26-24(18-28(30)22-13-9-7-10-14-22)17-25-19-29(23-15-11-8-12-16-23)31(21-27(25)26)33(4,5)6;16-14(17,18)12-5-1-10(2-6-12)9-11-3-7-13(8-4-11)15(19,20)21;1-2-4-5-3-1;/h7-21H,1-6H3;1-8H;1-5H;. The summed E-state index contributed by atoms with van der Waals surface area (Å²) in [5, 5.41) is 0. The first-order valence-electron chi connectivity index (χ1n) is 20.2. The molecule has 0 atom stereocenters. The molecule has 0 unspecified atom stereocenters. The van der Waals surface area contributed by atoms with Crippen molar-refractivity contribution in [3.8, 4) is 33.4 Å². The van der Waals surface area contributed by atoms with Gasteiger partial charge in [0.05, 0.1) is 0 Å². The number of halogens is 6. The van der Waals surface area contributed by atoms with Crippen molar-refractivity contribution in [2.24, 2.45) is 0 Å². The van der Waals surface area contributed by atoms with Crippen molar-refractivity contribution in [2.75, 3.05) is 0 Å². The van der Waals surface area contributed by atoms with Crippen LogP contribution in [-0.4, -0.2) is 3.21 Å². The van der Waals surface area contributed by atoms with Gasteiger partial charge in [0, 0.05) is 0 Å². The molecule has 6 aromatic carbocycles. The molecular weight excluding hydrogens is 842 g/mol. The van der Waals surface area contributed by atoms with Crippen LogP contribution in [-0.2, 0) is 44.4 Å². The summed E-state index contributed by atoms with van der Waals surface area (Å²) in [5.74, 6) is 0. The van der Waals surface area contributed by atoms with Crippen molar-refractivity contribution in [1.29, 1.82) is 0 Å². The van der Waals surface area contributed by atoms with Crippen LogP contribution < -0.4 is 0 Å². The summed E-state index contributed by atoms with van der Waals surface area (Å²) in [7, 11) is 0. The molecule has 8 rings (SSSR count). The van der Waals surface area contributed by atoms with Crippen LogP contribution in [0.1, 0.15) is 89.7 Å². The Kier molecular flexibility index (Phi) is 10.8. The molecule has 2 aliphatic carbocycles. The van der Waals surface area contributed by atoms with E-state index in [0.29, 0.717) is 11.1 Å². The quantitative estimate of drug-likeness (QED) is 0.146. The van der Waals surface area contributed by atoms with E-state index in [9.17, 15) is 26.3 Å². The van der Waals surface area contributed by atoms with Crippen LogP contribution in [0.25, 0.3) is 33.4 Å². The number of hydrogen-bond acceptors (Lipinski definition) is 0. The second kappa shape index (κ2) is 15.6. The van der Waals surface area contributed by atoms with Gasteiger partial charge in [0.15, 0.2) is 0 Å². The molecule has 0 N–H and O–H groups in total. The average Bonchev–Trinajstić information content (AvgIpc) is 3.85. The van der Waals surface area contributed by atoms with Crippen LogP contribution in [0.3, 0.4) is 0 Å². The first kappa shape index (κ1) is 41.8. The molecule has 2 aliphatic rings. The molecule has 0 nitrogen and oxygen atoms in total. The average molecular weight is 888 g/mol. The molecule has 0 radical (unpaired) electrons. The number of rotatable bonds is 6. The van der Waals surface area contributed by atoms with E-state index >= 15 is 0 Å². The number of alkyl halides is 6. The number of allylic oxidation sites excluding steroid dienone is 4. The van der Waals surface area contributed by atoms with Gasteiger partial charge in [0.25, 0.3) is 0 Å². The molecule has 6 aromatic rings. The molecule has 0 heterocycles. The van der Waals surface area contributed by atoms with E-state index in [2.05, 4.69) is 102 Å². The van der Waals surface area contributed by atoms with Gasteiger partial charge >= 0.3 is 358 Å². The molecule has 0 aliphatic heterocycles. The third-order valence-corrected chi connectivity index (χ3v) is 20.4. The maximum atomic E-state index is 14.0. The van der Waals surface area contributed by atoms with Gasteiger partial charge in [-0.2, -0.15) is 0 Å². The summed E-state index contributed by atoms with van der Waals surface area (Å²) in [6.07, 6.45) is -0.684. The molecule has 0 saturated heterocycles. The summed E-state index contributed by atoms with van der Waals surface area (Å²) in [4.78, 5) is 0. The van der Waals surface area contributed by atoms with Crippen molar-refractivity contribution >= 4 is 3.21 Å². The predicted octanol–water partition coefficient (Wildman–Crippen LogP) is 15.5. The van der Waals surface area contributed by atoms with E-state index in [4.69, 9.17) is 0 Å². The van der Waals surface area contributed by atoms with E-state index in [1.54, 1.807) is 0 Å². The zero-order valence-electron chi connectivity index (χ0n) is 34.4. The second-order valence-corrected chi connectivity index (χ2v) is 24.4. The third kappa shape index (κ3) is 8.03. The Balaban J connectivity index is 1.54. The van der Waals surface area contributed by atoms with Crippen molar-refractivity contribution in [1.82, 2.24) is 0 Å². The van der Waals surface area contributed by atoms with Crippen LogP contribution in [0.2, 0.25) is 3.63 Å². The number of benzene rings is 6. The molecule has 304 valence electrons. The zero-order chi connectivity index (χ0) is 42.8. The van der Waals surface area contributed by atoms with Crippen LogP contribution in [0.5, 0.6) is 0 Å². The Morgan fingerprint density at radius 3 is 1.15 bits per heavy atom. The monoisotopic (exact) mass is 886 g/mol. The van der Waals surface area contributed by atoms with Gasteiger partial charge in [-0.05, 0) is 0 Å². The van der Waals surface area contributed by atoms with Gasteiger partial charge in [-0.25, -0.2) is 0 Å². The molecule has 60 heavy (non-hydrogen) atoms. The molecule has 0 aromatic heterocycles. The molecule has 0 spiro atoms. The Morgan fingerprint density at radius 1 is 0.450 bits per heavy atom. The van der Waals surface area contributed by atoms with E-state index in [1.165, 1.54) is 35.4 Å². The third-order valence-electron chi connectivity index (χ3n) is 11.8. The molecule has 0 saturated carbocycles. The fourth-order valence-electron chi connectivity index (χ4n) is 8.93. The fraction of sp³-hybridized carbons (Fsp3) is 0.226. The van der Waals surface area contributed by atoms with Crippen molar-refractivity contribution < 1.29 is 47.6 Å². The predicted molar refractivity (Wildman–Crippen MR) is 230 cm³/mol. The van der Waals surface area contributed by atoms with E-state index in [1.807, 2.05) is 48.6 Å². The summed E-state index contributed by atoms with van der Waals surface area (Å²) >= 11 is -3.58. The van der Waals surface area contributed by atoms with Crippen molar-refractivity contribution in [2.45, 2.75) is 72.0 Å². The Hall–Kier alpha value is -4.87. The van der Waals surface area contributed by atoms with Gasteiger partial charge in [0.1, 0.15) is 0 Å². The van der Waals surface area contributed by atoms with Gasteiger partial charge in [-0.3, -0.25) is 0 Å². The van der Waals surface area contributed by atoms with E-state index in [-0.39, 0.29) is 18.1 Å². The zero-order valence-corrected chi connectivity index (χ0v) is 36.9. The summed E-state index contributed by atoms with van der Waals surface area (Å²) < 4.78 is 84.9. The van der Waals surface area contributed by atoms with Gasteiger partial charge in [0.2, 0.25) is 0 Å². The first-order chi connectivity index (χ1) is 28.3. The minimum atomic E-state index is -4.55. The normalized spacial score (nSPS) is 14.4. The van der Waals surface area contributed by atoms with Crippen molar-refractivity contribution in [3.63, 3.8) is 0 Å². The SMILES string of the molecule is CC(C)(C)c1cc2c(cc1-c1ccccc1)[CH]([Zr](=[C](c1ccc(C(F)(F)F)cc1)c1ccc(C(F)(F)F)cc1)[CH]1C=CC=C1)c1cc(-c3ccccc3)c(C(C)(C)C)cc1-2. The maximum absolute atomic E-state index is 14.0. The summed E-state index contributed by atoms with van der Waals surface area (Å²) in [5.41, 5.74) is 10.6. The molecule has 0 fully saturated rings. The van der Waals surface area contributed by atoms with E-state index in [0.717, 1.165) is 72.0 Å². The van der Waals surface area contributed by atoms with Crippen LogP contribution in [0.15, 0.2) is 158 Å². The Morgan fingerprint density at radius 2 is 0.817 bits per heavy atom. The van der Waals surface area contributed by atoms with Gasteiger partial charge in [-0.15, -0.1) is 0 Å². The molecule has 7 heteroatoms. The van der Waals surface area contributed by atoms with E-state index < -0.39 is 44.7 Å². The van der Waals surface area contributed by atoms with Gasteiger partial charge < -0.3 is 0 Å². The van der Waals surface area contributed by atoms with Crippen LogP contribution in [0, 0.1) is 0 Å². The Bertz CT molecular complexity index is 2470. The topological polar surface area (TPSA) is 0 Å². The molecular formula is C53H46F6Zr. The van der Waals surface area contributed by atoms with Crippen LogP contribution in [0.4, 0.5) is 26.3 Å². The van der Waals surface area contributed by atoms with Crippen molar-refractivity contribution in [3.05, 3.63) is 202 Å². The Labute approximate surface area is 356 Å². The molecule has 0 amide bonds.